The van der Waals surface area contributed by atoms with E-state index >= 15 is 0 Å². The summed E-state index contributed by atoms with van der Waals surface area (Å²) in [6.45, 7) is 14.1. The van der Waals surface area contributed by atoms with E-state index in [1.54, 1.807) is 5.57 Å². The van der Waals surface area contributed by atoms with Crippen LogP contribution in [0.3, 0.4) is 0 Å². The van der Waals surface area contributed by atoms with Crippen molar-refractivity contribution in [3.63, 3.8) is 0 Å². The fourth-order valence-electron chi connectivity index (χ4n) is 6.53. The predicted octanol–water partition coefficient (Wildman–Crippen LogP) is 9.45. The third-order valence-corrected chi connectivity index (χ3v) is 9.07. The first-order valence-corrected chi connectivity index (χ1v) is 13.3. The molecule has 0 aliphatic heterocycles. The van der Waals surface area contributed by atoms with Gasteiger partial charge in [0.25, 0.3) is 0 Å². The molecule has 0 saturated heterocycles. The molecule has 1 heteroatoms. The highest BCUT2D eigenvalue weighted by molar-refractivity contribution is 9.10. The maximum absolute atomic E-state index is 3.94. The highest BCUT2D eigenvalue weighted by Crippen LogP contribution is 2.65. The van der Waals surface area contributed by atoms with Crippen molar-refractivity contribution in [2.75, 3.05) is 0 Å². The quantitative estimate of drug-likeness (QED) is 0.283. The zero-order valence-electron chi connectivity index (χ0n) is 21.1. The summed E-state index contributed by atoms with van der Waals surface area (Å²) >= 11 is 3.94. The molecule has 172 valence electrons. The Labute approximate surface area is 212 Å². The highest BCUT2D eigenvalue weighted by atomic mass is 79.9. The zero-order chi connectivity index (χ0) is 24.0. The van der Waals surface area contributed by atoms with E-state index in [1.165, 1.54) is 49.0 Å². The minimum atomic E-state index is -0.226. The molecule has 3 aromatic rings. The summed E-state index contributed by atoms with van der Waals surface area (Å²) in [6, 6.07) is 23.2. The van der Waals surface area contributed by atoms with E-state index in [2.05, 4.69) is 130 Å². The lowest BCUT2D eigenvalue weighted by Gasteiger charge is -2.38. The van der Waals surface area contributed by atoms with Crippen molar-refractivity contribution >= 4 is 21.5 Å². The van der Waals surface area contributed by atoms with Crippen molar-refractivity contribution in [3.8, 4) is 11.1 Å². The molecular formula is C33H33Br. The lowest BCUT2D eigenvalue weighted by atomic mass is 9.64. The summed E-state index contributed by atoms with van der Waals surface area (Å²) in [5.41, 5.74) is 13.0. The topological polar surface area (TPSA) is 0 Å². The standard InChI is InChI=1S/C33H33Br/c1-31(2,3)20-14-16-22-23-17-15-21(32(4,5)6)19-28(23)33(27(22)18-20)25-11-8-7-10-24(25)30-26(33)12-9-13-29(30)34/h7-18,21H,19H2,1-6H3. The number of hydrogen-bond donors (Lipinski definition) is 0. The second-order valence-electron chi connectivity index (χ2n) is 12.4. The summed E-state index contributed by atoms with van der Waals surface area (Å²) in [5.74, 6) is 0.517. The predicted molar refractivity (Wildman–Crippen MR) is 148 cm³/mol. The van der Waals surface area contributed by atoms with Gasteiger partial charge in [-0.2, -0.15) is 0 Å². The lowest BCUT2D eigenvalue weighted by molar-refractivity contribution is 0.285. The normalized spacial score (nSPS) is 22.6. The SMILES string of the molecule is CC(C)(C)c1ccc2c(c1)C1(C3=C2C=CC(C(C)(C)C)C3)c2ccccc2-c2c(Br)cccc21. The summed E-state index contributed by atoms with van der Waals surface area (Å²) in [6.07, 6.45) is 6.01. The Bertz CT molecular complexity index is 1400. The summed E-state index contributed by atoms with van der Waals surface area (Å²) in [4.78, 5) is 0. The van der Waals surface area contributed by atoms with Crippen molar-refractivity contribution in [1.82, 2.24) is 0 Å². The maximum Gasteiger partial charge on any atom is 0.0689 e. The minimum Gasteiger partial charge on any atom is -0.0800 e. The van der Waals surface area contributed by atoms with Gasteiger partial charge in [0, 0.05) is 10.0 Å². The molecule has 3 aliphatic carbocycles. The molecule has 0 radical (unpaired) electrons. The van der Waals surface area contributed by atoms with Crippen molar-refractivity contribution in [2.45, 2.75) is 58.8 Å². The largest absolute Gasteiger partial charge is 0.0800 e. The molecule has 2 unspecified atom stereocenters. The first-order valence-electron chi connectivity index (χ1n) is 12.5. The average molecular weight is 510 g/mol. The Morgan fingerprint density at radius 2 is 1.53 bits per heavy atom. The lowest BCUT2D eigenvalue weighted by Crippen LogP contribution is -2.31. The molecule has 0 aromatic heterocycles. The van der Waals surface area contributed by atoms with Crippen molar-refractivity contribution in [2.24, 2.45) is 11.3 Å². The molecule has 0 N–H and O–H groups in total. The molecule has 0 amide bonds. The number of hydrogen-bond acceptors (Lipinski definition) is 0. The van der Waals surface area contributed by atoms with Gasteiger partial charge in [-0.15, -0.1) is 0 Å². The van der Waals surface area contributed by atoms with Crippen LogP contribution in [-0.4, -0.2) is 0 Å². The molecule has 2 atom stereocenters. The molecule has 0 fully saturated rings. The van der Waals surface area contributed by atoms with Gasteiger partial charge in [-0.05, 0) is 73.8 Å². The van der Waals surface area contributed by atoms with Gasteiger partial charge in [0.2, 0.25) is 0 Å². The first-order chi connectivity index (χ1) is 16.0. The highest BCUT2D eigenvalue weighted by Gasteiger charge is 2.54. The molecule has 6 rings (SSSR count). The van der Waals surface area contributed by atoms with Crippen LogP contribution < -0.4 is 0 Å². The first kappa shape index (κ1) is 22.1. The average Bonchev–Trinajstić information content (AvgIpc) is 3.25. The third kappa shape index (κ3) is 2.83. The van der Waals surface area contributed by atoms with Gasteiger partial charge in [0.15, 0.2) is 0 Å². The Hall–Kier alpha value is -2.38. The van der Waals surface area contributed by atoms with Crippen LogP contribution in [0.4, 0.5) is 0 Å². The van der Waals surface area contributed by atoms with Gasteiger partial charge in [0.1, 0.15) is 0 Å². The summed E-state index contributed by atoms with van der Waals surface area (Å²) in [7, 11) is 0. The number of allylic oxidation sites excluding steroid dienone is 4. The maximum atomic E-state index is 3.94. The molecule has 0 saturated carbocycles. The molecule has 0 bridgehead atoms. The van der Waals surface area contributed by atoms with Crippen molar-refractivity contribution in [3.05, 3.63) is 111 Å². The zero-order valence-corrected chi connectivity index (χ0v) is 22.7. The Kier molecular flexibility index (Phi) is 4.60. The van der Waals surface area contributed by atoms with E-state index in [0.717, 1.165) is 6.42 Å². The third-order valence-electron chi connectivity index (χ3n) is 8.41. The molecule has 3 aliphatic rings. The van der Waals surface area contributed by atoms with E-state index in [-0.39, 0.29) is 16.2 Å². The molecule has 34 heavy (non-hydrogen) atoms. The molecule has 0 nitrogen and oxygen atoms in total. The van der Waals surface area contributed by atoms with Crippen molar-refractivity contribution in [1.29, 1.82) is 0 Å². The van der Waals surface area contributed by atoms with Crippen LogP contribution in [0.1, 0.15) is 75.8 Å². The molecule has 3 aromatic carbocycles. The van der Waals surface area contributed by atoms with E-state index in [9.17, 15) is 0 Å². The number of fused-ring (bicyclic) bond motifs is 9. The fourth-order valence-corrected chi connectivity index (χ4v) is 7.11. The molecule has 0 heterocycles. The van der Waals surface area contributed by atoms with E-state index in [1.807, 2.05) is 0 Å². The van der Waals surface area contributed by atoms with Gasteiger partial charge in [-0.1, -0.05) is 124 Å². The number of benzene rings is 3. The van der Waals surface area contributed by atoms with Crippen LogP contribution in [0, 0.1) is 11.3 Å². The van der Waals surface area contributed by atoms with Gasteiger partial charge >= 0.3 is 0 Å². The van der Waals surface area contributed by atoms with Gasteiger partial charge in [-0.25, -0.2) is 0 Å². The molecule has 1 spiro atoms. The Balaban J connectivity index is 1.75. The van der Waals surface area contributed by atoms with Crippen LogP contribution in [0.15, 0.2) is 82.9 Å². The second-order valence-corrected chi connectivity index (χ2v) is 13.3. The van der Waals surface area contributed by atoms with Crippen LogP contribution in [0.5, 0.6) is 0 Å². The monoisotopic (exact) mass is 508 g/mol. The van der Waals surface area contributed by atoms with Crippen LogP contribution in [0.2, 0.25) is 0 Å². The number of halogens is 1. The Morgan fingerprint density at radius 1 is 0.794 bits per heavy atom. The van der Waals surface area contributed by atoms with Crippen molar-refractivity contribution < 1.29 is 0 Å². The van der Waals surface area contributed by atoms with Crippen LogP contribution in [-0.2, 0) is 10.8 Å². The fraction of sp³-hybridized carbons (Fsp3) is 0.333. The number of rotatable bonds is 0. The van der Waals surface area contributed by atoms with Gasteiger partial charge < -0.3 is 0 Å². The van der Waals surface area contributed by atoms with E-state index < -0.39 is 0 Å². The van der Waals surface area contributed by atoms with Gasteiger partial charge in [-0.3, -0.25) is 0 Å². The van der Waals surface area contributed by atoms with E-state index in [4.69, 9.17) is 0 Å². The minimum absolute atomic E-state index is 0.0985. The molecular weight excluding hydrogens is 476 g/mol. The Morgan fingerprint density at radius 3 is 2.26 bits per heavy atom. The summed E-state index contributed by atoms with van der Waals surface area (Å²) < 4.78 is 1.19. The van der Waals surface area contributed by atoms with E-state index in [0.29, 0.717) is 5.92 Å². The van der Waals surface area contributed by atoms with Crippen LogP contribution >= 0.6 is 15.9 Å². The van der Waals surface area contributed by atoms with Crippen LogP contribution in [0.25, 0.3) is 16.7 Å². The second kappa shape index (κ2) is 7.08. The van der Waals surface area contributed by atoms with Gasteiger partial charge in [0.05, 0.1) is 5.41 Å². The summed E-state index contributed by atoms with van der Waals surface area (Å²) in [5, 5.41) is 0. The smallest absolute Gasteiger partial charge is 0.0689 e.